The second kappa shape index (κ2) is 7.85. The van der Waals surface area contributed by atoms with Crippen LogP contribution in [0.5, 0.6) is 5.75 Å². The highest BCUT2D eigenvalue weighted by atomic mass is 32.2. The molecule has 1 aromatic carbocycles. The first kappa shape index (κ1) is 19.9. The van der Waals surface area contributed by atoms with Crippen molar-refractivity contribution in [2.24, 2.45) is 5.41 Å². The molecule has 6 heteroatoms. The number of nitrogens with one attached hydrogen (secondary N) is 1. The summed E-state index contributed by atoms with van der Waals surface area (Å²) in [5.41, 5.74) is 2.33. The number of ether oxygens (including phenoxy) is 1. The molecule has 1 fully saturated rings. The first-order chi connectivity index (χ1) is 11.6. The van der Waals surface area contributed by atoms with Gasteiger partial charge in [0, 0.05) is 30.9 Å². The normalized spacial score (nSPS) is 18.7. The van der Waals surface area contributed by atoms with E-state index in [2.05, 4.69) is 37.9 Å². The summed E-state index contributed by atoms with van der Waals surface area (Å²) in [6.45, 7) is 10.0. The summed E-state index contributed by atoms with van der Waals surface area (Å²) >= 11 is 0. The first-order valence-corrected chi connectivity index (χ1v) is 10.8. The molecule has 0 bridgehead atoms. The summed E-state index contributed by atoms with van der Waals surface area (Å²) in [7, 11) is -1.20. The number of hydrogen-bond donors (Lipinski definition) is 1. The van der Waals surface area contributed by atoms with Gasteiger partial charge in [-0.15, -0.1) is 0 Å². The summed E-state index contributed by atoms with van der Waals surface area (Å²) in [5, 5.41) is 3.54. The molecule has 0 aromatic heterocycles. The van der Waals surface area contributed by atoms with Crippen LogP contribution in [0.3, 0.4) is 0 Å². The Hall–Kier alpha value is -1.43. The fourth-order valence-corrected chi connectivity index (χ4v) is 4.15. The smallest absolute Gasteiger partial charge is 0.153 e. The lowest BCUT2D eigenvalue weighted by Crippen LogP contribution is -2.40. The quantitative estimate of drug-likeness (QED) is 0.832. The Bertz CT molecular complexity index is 666. The van der Waals surface area contributed by atoms with Crippen molar-refractivity contribution >= 4 is 21.2 Å². The molecule has 0 amide bonds. The Morgan fingerprint density at radius 2 is 1.88 bits per heavy atom. The van der Waals surface area contributed by atoms with Crippen LogP contribution in [0.1, 0.15) is 40.5 Å². The molecule has 1 atom stereocenters. The van der Waals surface area contributed by atoms with Crippen LogP contribution in [-0.2, 0) is 9.84 Å². The molecule has 0 spiro atoms. The van der Waals surface area contributed by atoms with Gasteiger partial charge in [0.05, 0.1) is 24.3 Å². The van der Waals surface area contributed by atoms with Gasteiger partial charge in [-0.25, -0.2) is 8.42 Å². The van der Waals surface area contributed by atoms with Crippen molar-refractivity contribution in [1.29, 1.82) is 0 Å². The van der Waals surface area contributed by atoms with E-state index in [1.54, 1.807) is 7.11 Å². The van der Waals surface area contributed by atoms with Crippen LogP contribution in [0.25, 0.3) is 0 Å². The van der Waals surface area contributed by atoms with Crippen LogP contribution >= 0.6 is 0 Å². The van der Waals surface area contributed by atoms with Gasteiger partial charge < -0.3 is 15.0 Å². The summed E-state index contributed by atoms with van der Waals surface area (Å²) in [6.07, 6.45) is 2.25. The Morgan fingerprint density at radius 3 is 2.44 bits per heavy atom. The zero-order chi connectivity index (χ0) is 18.7. The minimum atomic E-state index is -2.87. The molecule has 1 unspecified atom stereocenters. The highest BCUT2D eigenvalue weighted by Crippen LogP contribution is 2.32. The van der Waals surface area contributed by atoms with Crippen LogP contribution in [0.4, 0.5) is 11.4 Å². The third kappa shape index (κ3) is 6.10. The highest BCUT2D eigenvalue weighted by molar-refractivity contribution is 7.91. The molecule has 0 saturated carbocycles. The number of rotatable bonds is 6. The van der Waals surface area contributed by atoms with Gasteiger partial charge in [-0.3, -0.25) is 0 Å². The van der Waals surface area contributed by atoms with E-state index >= 15 is 0 Å². The lowest BCUT2D eigenvalue weighted by Gasteiger charge is -2.29. The summed E-state index contributed by atoms with van der Waals surface area (Å²) < 4.78 is 28.7. The number of methoxy groups -OCH3 is 1. The van der Waals surface area contributed by atoms with Crippen LogP contribution in [0, 0.1) is 5.41 Å². The Labute approximate surface area is 152 Å². The predicted octanol–water partition coefficient (Wildman–Crippen LogP) is 3.56. The molecule has 0 radical (unpaired) electrons. The van der Waals surface area contributed by atoms with Crippen LogP contribution in [0.15, 0.2) is 18.2 Å². The van der Waals surface area contributed by atoms with Crippen LogP contribution in [0.2, 0.25) is 0 Å². The summed E-state index contributed by atoms with van der Waals surface area (Å²) in [5.74, 6) is 1.24. The van der Waals surface area contributed by atoms with Gasteiger partial charge in [0.1, 0.15) is 5.75 Å². The van der Waals surface area contributed by atoms with E-state index in [1.807, 2.05) is 18.2 Å². The molecular formula is C19H32N2O3S. The zero-order valence-corrected chi connectivity index (χ0v) is 16.9. The van der Waals surface area contributed by atoms with E-state index in [1.165, 1.54) is 0 Å². The fraction of sp³-hybridized carbons (Fsp3) is 0.684. The monoisotopic (exact) mass is 368 g/mol. The van der Waals surface area contributed by atoms with Crippen molar-refractivity contribution in [2.75, 3.05) is 41.9 Å². The van der Waals surface area contributed by atoms with Gasteiger partial charge in [-0.2, -0.15) is 0 Å². The SMILES string of the molecule is COc1cc(N2CCS(=O)(=O)CC2)ccc1NC(C)CCC(C)(C)C. The molecule has 1 heterocycles. The molecule has 142 valence electrons. The van der Waals surface area contributed by atoms with Gasteiger partial charge in [-0.05, 0) is 37.3 Å². The third-order valence-electron chi connectivity index (χ3n) is 4.62. The molecule has 1 aliphatic rings. The lowest BCUT2D eigenvalue weighted by atomic mass is 9.89. The van der Waals surface area contributed by atoms with Gasteiger partial charge >= 0.3 is 0 Å². The highest BCUT2D eigenvalue weighted by Gasteiger charge is 2.22. The maximum Gasteiger partial charge on any atom is 0.153 e. The number of anilines is 2. The minimum Gasteiger partial charge on any atom is -0.495 e. The number of hydrogen-bond acceptors (Lipinski definition) is 5. The van der Waals surface area contributed by atoms with Gasteiger partial charge in [0.15, 0.2) is 9.84 Å². The summed E-state index contributed by atoms with van der Waals surface area (Å²) in [6, 6.07) is 6.43. The standard InChI is InChI=1S/C19H32N2O3S/c1-15(8-9-19(2,3)4)20-17-7-6-16(14-18(17)24-5)21-10-12-25(22,23)13-11-21/h6-7,14-15,20H,8-13H2,1-5H3. The molecule has 1 aliphatic heterocycles. The van der Waals surface area contributed by atoms with Crippen LogP contribution in [-0.4, -0.2) is 46.2 Å². The lowest BCUT2D eigenvalue weighted by molar-refractivity contribution is 0.356. The summed E-state index contributed by atoms with van der Waals surface area (Å²) in [4.78, 5) is 2.11. The Morgan fingerprint density at radius 1 is 1.24 bits per heavy atom. The third-order valence-corrected chi connectivity index (χ3v) is 6.23. The van der Waals surface area contributed by atoms with Crippen molar-refractivity contribution in [3.63, 3.8) is 0 Å². The number of nitrogens with zero attached hydrogens (tertiary/aromatic N) is 1. The maximum atomic E-state index is 11.6. The molecule has 5 nitrogen and oxygen atoms in total. The van der Waals surface area contributed by atoms with Crippen LogP contribution < -0.4 is 15.0 Å². The second-order valence-corrected chi connectivity index (χ2v) is 10.5. The average Bonchev–Trinajstić information content (AvgIpc) is 2.53. The molecular weight excluding hydrogens is 336 g/mol. The minimum absolute atomic E-state index is 0.221. The number of sulfone groups is 1. The molecule has 1 N–H and O–H groups in total. The van der Waals surface area contributed by atoms with E-state index < -0.39 is 9.84 Å². The van der Waals surface area contributed by atoms with Crippen molar-refractivity contribution < 1.29 is 13.2 Å². The largest absolute Gasteiger partial charge is 0.495 e. The Kier molecular flexibility index (Phi) is 6.25. The van der Waals surface area contributed by atoms with E-state index in [4.69, 9.17) is 4.74 Å². The number of benzene rings is 1. The van der Waals surface area contributed by atoms with E-state index in [0.717, 1.165) is 30.0 Å². The van der Waals surface area contributed by atoms with Crippen molar-refractivity contribution in [3.05, 3.63) is 18.2 Å². The van der Waals surface area contributed by atoms with E-state index in [0.29, 0.717) is 24.5 Å². The fourth-order valence-electron chi connectivity index (χ4n) is 2.95. The van der Waals surface area contributed by atoms with Crippen molar-refractivity contribution in [3.8, 4) is 5.75 Å². The zero-order valence-electron chi connectivity index (χ0n) is 16.1. The van der Waals surface area contributed by atoms with Gasteiger partial charge in [0.25, 0.3) is 0 Å². The average molecular weight is 369 g/mol. The van der Waals surface area contributed by atoms with Crippen molar-refractivity contribution in [2.45, 2.75) is 46.6 Å². The maximum absolute atomic E-state index is 11.6. The van der Waals surface area contributed by atoms with Crippen molar-refractivity contribution in [1.82, 2.24) is 0 Å². The Balaban J connectivity index is 2.04. The molecule has 1 aromatic rings. The molecule has 1 saturated heterocycles. The first-order valence-electron chi connectivity index (χ1n) is 8.99. The second-order valence-electron chi connectivity index (χ2n) is 8.17. The molecule has 0 aliphatic carbocycles. The molecule has 25 heavy (non-hydrogen) atoms. The van der Waals surface area contributed by atoms with Gasteiger partial charge in [0.2, 0.25) is 0 Å². The van der Waals surface area contributed by atoms with E-state index in [-0.39, 0.29) is 11.5 Å². The topological polar surface area (TPSA) is 58.6 Å². The van der Waals surface area contributed by atoms with E-state index in [9.17, 15) is 8.42 Å². The predicted molar refractivity (Wildman–Crippen MR) is 106 cm³/mol. The molecule has 2 rings (SSSR count). The van der Waals surface area contributed by atoms with Gasteiger partial charge in [-0.1, -0.05) is 20.8 Å².